The highest BCUT2D eigenvalue weighted by Crippen LogP contribution is 2.02. The van der Waals surface area contributed by atoms with Crippen LogP contribution in [0.2, 0.25) is 0 Å². The summed E-state index contributed by atoms with van der Waals surface area (Å²) >= 11 is 1.56. The summed E-state index contributed by atoms with van der Waals surface area (Å²) in [6, 6.07) is 7.11. The van der Waals surface area contributed by atoms with Crippen LogP contribution < -0.4 is 16.8 Å². The van der Waals surface area contributed by atoms with Gasteiger partial charge in [-0.05, 0) is 42.8 Å². The van der Waals surface area contributed by atoms with Crippen LogP contribution in [0.5, 0.6) is 0 Å². The minimum absolute atomic E-state index is 0.302. The second-order valence-corrected chi connectivity index (χ2v) is 8.57. The van der Waals surface area contributed by atoms with Crippen molar-refractivity contribution in [3.63, 3.8) is 0 Å². The van der Waals surface area contributed by atoms with Crippen LogP contribution in [0.1, 0.15) is 39.2 Å². The zero-order valence-electron chi connectivity index (χ0n) is 19.6. The van der Waals surface area contributed by atoms with E-state index in [4.69, 9.17) is 26.8 Å². The third-order valence-electron chi connectivity index (χ3n) is 3.94. The number of thioether (sulfide) groups is 1. The standard InChI is InChI=1S/C9H11NO2.C7H13NO3S.C6H13NO2/c10-8(9(11)12)6-7-4-2-1-3-5-7;1-5(9)8-6(7(10)11)3-4-12-2;1-4(2)3-5(7)6(8)9/h1-5,8H,6,10H2,(H,11,12);6H,3-4H2,1-2H3,(H,8,9)(H,10,11);4-5H,3,7H2,1-2H3,(H,8,9)/t8-;6-;5-/m000/s1. The second kappa shape index (κ2) is 18.9. The number of nitrogens with two attached hydrogens (primary N) is 2. The van der Waals surface area contributed by atoms with Gasteiger partial charge < -0.3 is 32.1 Å². The van der Waals surface area contributed by atoms with Gasteiger partial charge in [0.25, 0.3) is 0 Å². The predicted molar refractivity (Wildman–Crippen MR) is 129 cm³/mol. The molecule has 1 aromatic carbocycles. The van der Waals surface area contributed by atoms with Crippen LogP contribution in [-0.4, -0.2) is 69.3 Å². The molecule has 0 radical (unpaired) electrons. The summed E-state index contributed by atoms with van der Waals surface area (Å²) in [4.78, 5) is 41.5. The number of aliphatic carboxylic acids is 3. The summed E-state index contributed by atoms with van der Waals surface area (Å²) in [6.07, 6.45) is 3.30. The van der Waals surface area contributed by atoms with Crippen molar-refractivity contribution < 1.29 is 34.5 Å². The number of amides is 1. The molecule has 0 aliphatic rings. The molecule has 0 saturated heterocycles. The van der Waals surface area contributed by atoms with Crippen molar-refractivity contribution in [2.75, 3.05) is 12.0 Å². The summed E-state index contributed by atoms with van der Waals surface area (Å²) < 4.78 is 0. The van der Waals surface area contributed by atoms with E-state index in [9.17, 15) is 19.2 Å². The summed E-state index contributed by atoms with van der Waals surface area (Å²) in [5.41, 5.74) is 11.5. The molecular formula is C22H37N3O7S. The Morgan fingerprint density at radius 2 is 1.45 bits per heavy atom. The Kier molecular flexibility index (Phi) is 18.6. The fourth-order valence-corrected chi connectivity index (χ4v) is 2.77. The molecule has 188 valence electrons. The lowest BCUT2D eigenvalue weighted by Crippen LogP contribution is -2.39. The first-order valence-electron chi connectivity index (χ1n) is 10.3. The van der Waals surface area contributed by atoms with E-state index >= 15 is 0 Å². The summed E-state index contributed by atoms with van der Waals surface area (Å²) in [5, 5.41) is 27.8. The smallest absolute Gasteiger partial charge is 0.326 e. The number of rotatable bonds is 11. The van der Waals surface area contributed by atoms with E-state index in [-0.39, 0.29) is 5.91 Å². The first-order valence-corrected chi connectivity index (χ1v) is 11.7. The Hall–Kier alpha value is -2.63. The Morgan fingerprint density at radius 1 is 0.939 bits per heavy atom. The van der Waals surface area contributed by atoms with Crippen molar-refractivity contribution in [1.29, 1.82) is 0 Å². The molecule has 0 spiro atoms. The monoisotopic (exact) mass is 487 g/mol. The molecule has 11 heteroatoms. The van der Waals surface area contributed by atoms with Crippen LogP contribution in [0.15, 0.2) is 30.3 Å². The van der Waals surface area contributed by atoms with Crippen LogP contribution in [0.25, 0.3) is 0 Å². The van der Waals surface area contributed by atoms with E-state index in [2.05, 4.69) is 5.32 Å². The Balaban J connectivity index is 0. The zero-order valence-corrected chi connectivity index (χ0v) is 20.4. The molecule has 3 atom stereocenters. The van der Waals surface area contributed by atoms with Crippen molar-refractivity contribution in [2.45, 2.75) is 58.2 Å². The second-order valence-electron chi connectivity index (χ2n) is 7.58. The summed E-state index contributed by atoms with van der Waals surface area (Å²) in [6.45, 7) is 5.21. The molecule has 1 amide bonds. The fourth-order valence-electron chi connectivity index (χ4n) is 2.30. The average molecular weight is 488 g/mol. The molecule has 0 bridgehead atoms. The van der Waals surface area contributed by atoms with Gasteiger partial charge in [0.2, 0.25) is 5.91 Å². The third-order valence-corrected chi connectivity index (χ3v) is 4.59. The number of nitrogens with one attached hydrogen (secondary N) is 1. The number of carboxylic acid groups (broad SMARTS) is 3. The highest BCUT2D eigenvalue weighted by Gasteiger charge is 2.17. The van der Waals surface area contributed by atoms with E-state index in [1.165, 1.54) is 6.92 Å². The number of carboxylic acids is 3. The highest BCUT2D eigenvalue weighted by atomic mass is 32.2. The quantitative estimate of drug-likeness (QED) is 0.266. The van der Waals surface area contributed by atoms with E-state index in [0.717, 1.165) is 11.3 Å². The van der Waals surface area contributed by atoms with Gasteiger partial charge in [0.15, 0.2) is 0 Å². The fraction of sp³-hybridized carbons (Fsp3) is 0.545. The molecule has 0 aromatic heterocycles. The van der Waals surface area contributed by atoms with Gasteiger partial charge >= 0.3 is 17.9 Å². The minimum atomic E-state index is -0.973. The van der Waals surface area contributed by atoms with Gasteiger partial charge in [-0.25, -0.2) is 4.79 Å². The van der Waals surface area contributed by atoms with Gasteiger partial charge in [-0.15, -0.1) is 0 Å². The lowest BCUT2D eigenvalue weighted by atomic mass is 10.1. The van der Waals surface area contributed by atoms with Gasteiger partial charge in [-0.3, -0.25) is 14.4 Å². The summed E-state index contributed by atoms with van der Waals surface area (Å²) in [7, 11) is 0. The van der Waals surface area contributed by atoms with Crippen molar-refractivity contribution in [2.24, 2.45) is 17.4 Å². The third kappa shape index (κ3) is 19.8. The van der Waals surface area contributed by atoms with Gasteiger partial charge in [0, 0.05) is 6.92 Å². The maximum atomic E-state index is 10.5. The zero-order chi connectivity index (χ0) is 26.0. The maximum absolute atomic E-state index is 10.5. The van der Waals surface area contributed by atoms with E-state index in [1.807, 2.05) is 50.4 Å². The van der Waals surface area contributed by atoms with Crippen LogP contribution >= 0.6 is 11.8 Å². The van der Waals surface area contributed by atoms with Crippen molar-refractivity contribution in [3.05, 3.63) is 35.9 Å². The van der Waals surface area contributed by atoms with Crippen LogP contribution in [0.4, 0.5) is 0 Å². The van der Waals surface area contributed by atoms with Crippen molar-refractivity contribution in [3.8, 4) is 0 Å². The molecule has 33 heavy (non-hydrogen) atoms. The first kappa shape index (κ1) is 32.5. The SMILES string of the molecule is CC(C)C[C@H](N)C(=O)O.CSCC[C@H](NC(C)=O)C(=O)O.N[C@@H](Cc1ccccc1)C(=O)O. The number of carbonyl (C=O) groups excluding carboxylic acids is 1. The highest BCUT2D eigenvalue weighted by molar-refractivity contribution is 7.98. The minimum Gasteiger partial charge on any atom is -0.480 e. The molecule has 0 heterocycles. The maximum Gasteiger partial charge on any atom is 0.326 e. The van der Waals surface area contributed by atoms with Gasteiger partial charge in [-0.1, -0.05) is 44.2 Å². The molecule has 0 aliphatic carbocycles. The number of benzene rings is 1. The lowest BCUT2D eigenvalue weighted by Gasteiger charge is -2.11. The molecule has 1 rings (SSSR count). The molecule has 0 unspecified atom stereocenters. The Labute approximate surface area is 199 Å². The molecule has 0 aliphatic heterocycles. The van der Waals surface area contributed by atoms with Crippen LogP contribution in [-0.2, 0) is 25.6 Å². The molecule has 0 saturated carbocycles. The van der Waals surface area contributed by atoms with Gasteiger partial charge in [-0.2, -0.15) is 11.8 Å². The normalized spacial score (nSPS) is 12.7. The number of carbonyl (C=O) groups is 4. The predicted octanol–water partition coefficient (Wildman–Crippen LogP) is 1.41. The molecule has 0 fully saturated rings. The molecule has 8 N–H and O–H groups in total. The van der Waals surface area contributed by atoms with Gasteiger partial charge in [0.1, 0.15) is 18.1 Å². The average Bonchev–Trinajstić information content (AvgIpc) is 2.71. The number of hydrogen-bond acceptors (Lipinski definition) is 7. The Morgan fingerprint density at radius 3 is 1.79 bits per heavy atom. The van der Waals surface area contributed by atoms with E-state index in [1.54, 1.807) is 11.8 Å². The molecule has 10 nitrogen and oxygen atoms in total. The first-order chi connectivity index (χ1) is 15.3. The largest absolute Gasteiger partial charge is 0.480 e. The number of hydrogen-bond donors (Lipinski definition) is 6. The Bertz CT molecular complexity index is 717. The van der Waals surface area contributed by atoms with Crippen molar-refractivity contribution in [1.82, 2.24) is 5.32 Å². The van der Waals surface area contributed by atoms with Crippen molar-refractivity contribution >= 4 is 35.6 Å². The molecular weight excluding hydrogens is 450 g/mol. The van der Waals surface area contributed by atoms with E-state index in [0.29, 0.717) is 25.2 Å². The van der Waals surface area contributed by atoms with Crippen LogP contribution in [0, 0.1) is 5.92 Å². The van der Waals surface area contributed by atoms with E-state index < -0.39 is 36.0 Å². The lowest BCUT2D eigenvalue weighted by molar-refractivity contribution is -0.141. The molecule has 1 aromatic rings. The topological polar surface area (TPSA) is 193 Å². The van der Waals surface area contributed by atoms with Gasteiger partial charge in [0.05, 0.1) is 0 Å². The van der Waals surface area contributed by atoms with Crippen LogP contribution in [0.3, 0.4) is 0 Å². The summed E-state index contributed by atoms with van der Waals surface area (Å²) in [5.74, 6) is -2.06.